The monoisotopic (exact) mass is 334 g/mol. The summed E-state index contributed by atoms with van der Waals surface area (Å²) in [5.41, 5.74) is 1.23. The topological polar surface area (TPSA) is 61.9 Å². The summed E-state index contributed by atoms with van der Waals surface area (Å²) in [6.45, 7) is 4.75. The highest BCUT2D eigenvalue weighted by atomic mass is 32.1. The zero-order valence-electron chi connectivity index (χ0n) is 13.5. The Bertz CT molecular complexity index is 761. The molecule has 0 N–H and O–H groups in total. The van der Waals surface area contributed by atoms with Gasteiger partial charge in [0.2, 0.25) is 0 Å². The number of fused-ring (bicyclic) bond motifs is 2. The normalized spacial score (nSPS) is 20.3. The lowest BCUT2D eigenvalue weighted by Crippen LogP contribution is -2.24. The number of nitrogens with zero attached hydrogens (tertiary/aromatic N) is 4. The first-order chi connectivity index (χ1) is 11.3. The van der Waals surface area contributed by atoms with E-state index in [-0.39, 0.29) is 4.87 Å². The Labute approximate surface area is 139 Å². The van der Waals surface area contributed by atoms with Crippen LogP contribution in [0.4, 0.5) is 0 Å². The van der Waals surface area contributed by atoms with E-state index in [9.17, 15) is 4.79 Å². The Balaban J connectivity index is 1.61. The quantitative estimate of drug-likeness (QED) is 0.858. The first kappa shape index (κ1) is 15.1. The van der Waals surface area contributed by atoms with Crippen molar-refractivity contribution in [2.45, 2.75) is 58.7 Å². The van der Waals surface area contributed by atoms with Gasteiger partial charge in [-0.2, -0.15) is 0 Å². The predicted molar refractivity (Wildman–Crippen MR) is 87.8 cm³/mol. The number of ether oxygens (including phenoxy) is 1. The Kier molecular flexibility index (Phi) is 4.07. The maximum atomic E-state index is 12.5. The van der Waals surface area contributed by atoms with Crippen LogP contribution in [0.25, 0.3) is 0 Å². The molecule has 0 bridgehead atoms. The fraction of sp³-hybridized carbons (Fsp3) is 0.688. The lowest BCUT2D eigenvalue weighted by atomic mass is 9.88. The summed E-state index contributed by atoms with van der Waals surface area (Å²) in [5, 5.41) is 8.48. The van der Waals surface area contributed by atoms with Gasteiger partial charge < -0.3 is 9.30 Å². The average Bonchev–Trinajstić information content (AvgIpc) is 3.10. The van der Waals surface area contributed by atoms with Crippen molar-refractivity contribution in [2.75, 3.05) is 6.61 Å². The van der Waals surface area contributed by atoms with Gasteiger partial charge in [-0.15, -0.1) is 10.2 Å². The molecule has 2 aromatic rings. The Hall–Kier alpha value is -1.47. The molecule has 2 aromatic heterocycles. The van der Waals surface area contributed by atoms with Crippen molar-refractivity contribution in [3.63, 3.8) is 0 Å². The van der Waals surface area contributed by atoms with Crippen molar-refractivity contribution < 1.29 is 4.74 Å². The highest BCUT2D eigenvalue weighted by Gasteiger charge is 2.25. The molecule has 1 aliphatic heterocycles. The summed E-state index contributed by atoms with van der Waals surface area (Å²) in [4.78, 5) is 13.9. The first-order valence-electron chi connectivity index (χ1n) is 8.46. The van der Waals surface area contributed by atoms with E-state index in [0.717, 1.165) is 37.0 Å². The van der Waals surface area contributed by atoms with E-state index in [0.29, 0.717) is 19.8 Å². The van der Waals surface area contributed by atoms with Crippen LogP contribution in [0.5, 0.6) is 0 Å². The second-order valence-corrected chi connectivity index (χ2v) is 7.50. The molecule has 4 rings (SSSR count). The predicted octanol–water partition coefficient (Wildman–Crippen LogP) is 1.98. The molecule has 0 amide bonds. The molecule has 6 nitrogen and oxygen atoms in total. The summed E-state index contributed by atoms with van der Waals surface area (Å²) in [5.74, 6) is 2.49. The van der Waals surface area contributed by atoms with Gasteiger partial charge in [-0.25, -0.2) is 0 Å². The van der Waals surface area contributed by atoms with Crippen molar-refractivity contribution in [3.05, 3.63) is 31.9 Å². The SMILES string of the molecule is CCCC1CCc2c(sc(=O)n2Cc2nnc3n2CCOC3)C1. The van der Waals surface area contributed by atoms with Gasteiger partial charge in [-0.3, -0.25) is 9.36 Å². The van der Waals surface area contributed by atoms with Crippen molar-refractivity contribution in [2.24, 2.45) is 5.92 Å². The number of aromatic nitrogens is 4. The van der Waals surface area contributed by atoms with Gasteiger partial charge in [-0.05, 0) is 25.2 Å². The van der Waals surface area contributed by atoms with Gasteiger partial charge in [0.25, 0.3) is 0 Å². The van der Waals surface area contributed by atoms with Crippen molar-refractivity contribution in [1.82, 2.24) is 19.3 Å². The molecular formula is C16H22N4O2S. The fourth-order valence-electron chi connectivity index (χ4n) is 3.75. The third kappa shape index (κ3) is 2.76. The minimum atomic E-state index is 0.150. The van der Waals surface area contributed by atoms with Crippen LogP contribution in [0.3, 0.4) is 0 Å². The molecule has 1 unspecified atom stereocenters. The van der Waals surface area contributed by atoms with E-state index in [4.69, 9.17) is 4.74 Å². The molecule has 23 heavy (non-hydrogen) atoms. The highest BCUT2D eigenvalue weighted by Crippen LogP contribution is 2.30. The van der Waals surface area contributed by atoms with E-state index in [1.165, 1.54) is 41.2 Å². The average molecular weight is 334 g/mol. The molecular weight excluding hydrogens is 312 g/mol. The van der Waals surface area contributed by atoms with Crippen LogP contribution in [0.1, 0.15) is 48.4 Å². The Morgan fingerprint density at radius 1 is 1.39 bits per heavy atom. The van der Waals surface area contributed by atoms with Gasteiger partial charge in [0, 0.05) is 17.1 Å². The number of hydrogen-bond acceptors (Lipinski definition) is 5. The Morgan fingerprint density at radius 2 is 2.30 bits per heavy atom. The second-order valence-electron chi connectivity index (χ2n) is 6.46. The largest absolute Gasteiger partial charge is 0.372 e. The van der Waals surface area contributed by atoms with Crippen LogP contribution in [-0.2, 0) is 37.3 Å². The van der Waals surface area contributed by atoms with Gasteiger partial charge in [0.15, 0.2) is 11.6 Å². The lowest BCUT2D eigenvalue weighted by molar-refractivity contribution is 0.0805. The van der Waals surface area contributed by atoms with Crippen molar-refractivity contribution in [1.29, 1.82) is 0 Å². The highest BCUT2D eigenvalue weighted by molar-refractivity contribution is 7.09. The van der Waals surface area contributed by atoms with Crippen LogP contribution < -0.4 is 4.87 Å². The molecule has 0 spiro atoms. The lowest BCUT2D eigenvalue weighted by Gasteiger charge is -2.22. The number of rotatable bonds is 4. The summed E-state index contributed by atoms with van der Waals surface area (Å²) in [7, 11) is 0. The standard InChI is InChI=1S/C16H22N4O2S/c1-2-3-11-4-5-12-13(8-11)23-16(21)20(12)9-14-17-18-15-10-22-7-6-19(14)15/h11H,2-10H2,1H3. The molecule has 0 radical (unpaired) electrons. The molecule has 0 saturated carbocycles. The zero-order chi connectivity index (χ0) is 15.8. The summed E-state index contributed by atoms with van der Waals surface area (Å²) >= 11 is 1.43. The van der Waals surface area contributed by atoms with E-state index in [1.807, 2.05) is 4.57 Å². The van der Waals surface area contributed by atoms with Gasteiger partial charge in [0.1, 0.15) is 6.61 Å². The first-order valence-corrected chi connectivity index (χ1v) is 9.28. The minimum Gasteiger partial charge on any atom is -0.372 e. The summed E-state index contributed by atoms with van der Waals surface area (Å²) in [6, 6.07) is 0. The minimum absolute atomic E-state index is 0.150. The molecule has 1 aliphatic carbocycles. The van der Waals surface area contributed by atoms with Crippen molar-refractivity contribution in [3.8, 4) is 0 Å². The van der Waals surface area contributed by atoms with Crippen LogP contribution in [0.2, 0.25) is 0 Å². The van der Waals surface area contributed by atoms with E-state index in [2.05, 4.69) is 21.7 Å². The van der Waals surface area contributed by atoms with Gasteiger partial charge >= 0.3 is 4.87 Å². The van der Waals surface area contributed by atoms with Crippen LogP contribution in [0.15, 0.2) is 4.79 Å². The second kappa shape index (κ2) is 6.20. The third-order valence-corrected chi connectivity index (χ3v) is 5.98. The molecule has 124 valence electrons. The summed E-state index contributed by atoms with van der Waals surface area (Å²) in [6.07, 6.45) is 5.78. The molecule has 3 heterocycles. The van der Waals surface area contributed by atoms with Gasteiger partial charge in [0.05, 0.1) is 13.2 Å². The van der Waals surface area contributed by atoms with E-state index < -0.39 is 0 Å². The number of hydrogen-bond donors (Lipinski definition) is 0. The molecule has 2 aliphatic rings. The zero-order valence-corrected chi connectivity index (χ0v) is 14.3. The van der Waals surface area contributed by atoms with Crippen molar-refractivity contribution >= 4 is 11.3 Å². The molecule has 7 heteroatoms. The summed E-state index contributed by atoms with van der Waals surface area (Å²) < 4.78 is 9.43. The molecule has 0 fully saturated rings. The van der Waals surface area contributed by atoms with E-state index >= 15 is 0 Å². The maximum Gasteiger partial charge on any atom is 0.307 e. The molecule has 0 saturated heterocycles. The van der Waals surface area contributed by atoms with Crippen LogP contribution >= 0.6 is 11.3 Å². The number of thiazole rings is 1. The molecule has 1 atom stereocenters. The van der Waals surface area contributed by atoms with Crippen LogP contribution in [-0.4, -0.2) is 25.9 Å². The van der Waals surface area contributed by atoms with Crippen LogP contribution in [0, 0.1) is 5.92 Å². The molecule has 0 aromatic carbocycles. The maximum absolute atomic E-state index is 12.5. The van der Waals surface area contributed by atoms with Gasteiger partial charge in [-0.1, -0.05) is 31.1 Å². The Morgan fingerprint density at radius 3 is 3.17 bits per heavy atom. The smallest absolute Gasteiger partial charge is 0.307 e. The van der Waals surface area contributed by atoms with E-state index in [1.54, 1.807) is 0 Å². The third-order valence-electron chi connectivity index (χ3n) is 4.93. The fourth-order valence-corrected chi connectivity index (χ4v) is 4.89.